The van der Waals surface area contributed by atoms with Gasteiger partial charge < -0.3 is 4.74 Å². The van der Waals surface area contributed by atoms with Crippen molar-refractivity contribution in [2.45, 2.75) is 126 Å². The number of hydrogen-bond acceptors (Lipinski definition) is 2. The van der Waals surface area contributed by atoms with Crippen LogP contribution in [0.4, 0.5) is 0 Å². The summed E-state index contributed by atoms with van der Waals surface area (Å²) in [5, 5.41) is 0. The molecule has 6 rings (SSSR count). The smallest absolute Gasteiger partial charge is 0.338 e. The molecule has 5 aliphatic carbocycles. The minimum Gasteiger partial charge on any atom is -0.458 e. The second kappa shape index (κ2) is 8.72. The molecule has 1 aromatic carbocycles. The van der Waals surface area contributed by atoms with Gasteiger partial charge in [0.05, 0.1) is 5.56 Å². The fourth-order valence-electron chi connectivity index (χ4n) is 11.5. The number of allylic oxidation sites excluding steroid dienone is 2. The van der Waals surface area contributed by atoms with Crippen LogP contribution in [-0.2, 0) is 4.74 Å². The zero-order valence-corrected chi connectivity index (χ0v) is 26.2. The topological polar surface area (TPSA) is 26.3 Å². The first kappa shape index (κ1) is 27.6. The van der Waals surface area contributed by atoms with Crippen molar-refractivity contribution in [3.05, 3.63) is 47.5 Å². The van der Waals surface area contributed by atoms with Gasteiger partial charge in [0, 0.05) is 5.41 Å². The highest BCUT2D eigenvalue weighted by atomic mass is 16.5. The maximum Gasteiger partial charge on any atom is 0.338 e. The summed E-state index contributed by atoms with van der Waals surface area (Å²) in [6.45, 7) is 20.5. The molecule has 8 atom stereocenters. The second-order valence-electron chi connectivity index (χ2n) is 17.0. The highest BCUT2D eigenvalue weighted by Crippen LogP contribution is 2.75. The van der Waals surface area contributed by atoms with Gasteiger partial charge in [0.2, 0.25) is 0 Å². The lowest BCUT2D eigenvalue weighted by Gasteiger charge is -2.71. The molecule has 0 amide bonds. The third-order valence-electron chi connectivity index (χ3n) is 14.3. The molecule has 0 radical (unpaired) electrons. The average molecular weight is 531 g/mol. The summed E-state index contributed by atoms with van der Waals surface area (Å²) >= 11 is 0. The van der Waals surface area contributed by atoms with E-state index in [4.69, 9.17) is 4.74 Å². The van der Waals surface area contributed by atoms with E-state index in [9.17, 15) is 4.79 Å². The summed E-state index contributed by atoms with van der Waals surface area (Å²) in [5.41, 5.74) is 4.39. The van der Waals surface area contributed by atoms with Crippen LogP contribution in [0.5, 0.6) is 0 Å². The first-order valence-corrected chi connectivity index (χ1v) is 16.1. The third-order valence-corrected chi connectivity index (χ3v) is 14.3. The van der Waals surface area contributed by atoms with Gasteiger partial charge in [-0.15, -0.1) is 0 Å². The number of carbonyl (C=O) groups is 1. The molecule has 214 valence electrons. The normalized spacial score (nSPS) is 46.0. The van der Waals surface area contributed by atoms with E-state index in [1.165, 1.54) is 57.8 Å². The molecule has 0 aliphatic heterocycles. The Labute approximate surface area is 238 Å². The Bertz CT molecular complexity index is 1160. The van der Waals surface area contributed by atoms with Crippen molar-refractivity contribution in [2.75, 3.05) is 0 Å². The van der Waals surface area contributed by atoms with Gasteiger partial charge in [-0.1, -0.05) is 85.2 Å². The zero-order valence-electron chi connectivity index (χ0n) is 26.2. The van der Waals surface area contributed by atoms with Crippen molar-refractivity contribution in [3.63, 3.8) is 0 Å². The van der Waals surface area contributed by atoms with Crippen molar-refractivity contribution >= 4 is 5.97 Å². The maximum atomic E-state index is 13.1. The number of fused-ring (bicyclic) bond motifs is 7. The number of benzene rings is 1. The second-order valence-corrected chi connectivity index (χ2v) is 17.0. The predicted octanol–water partition coefficient (Wildman–Crippen LogP) is 10.0. The van der Waals surface area contributed by atoms with E-state index in [2.05, 4.69) is 61.5 Å². The van der Waals surface area contributed by atoms with Crippen LogP contribution in [0.25, 0.3) is 0 Å². The van der Waals surface area contributed by atoms with Gasteiger partial charge in [-0.25, -0.2) is 4.79 Å². The van der Waals surface area contributed by atoms with E-state index in [1.807, 2.05) is 35.9 Å². The Balaban J connectivity index is 1.30. The Kier molecular flexibility index (Phi) is 6.17. The van der Waals surface area contributed by atoms with Crippen molar-refractivity contribution in [3.8, 4) is 0 Å². The van der Waals surface area contributed by atoms with Crippen LogP contribution in [0, 0.1) is 50.2 Å². The summed E-state index contributed by atoms with van der Waals surface area (Å²) < 4.78 is 6.29. The van der Waals surface area contributed by atoms with Gasteiger partial charge in [0.1, 0.15) is 6.10 Å². The molecule has 2 heteroatoms. The van der Waals surface area contributed by atoms with Crippen LogP contribution in [-0.4, -0.2) is 12.1 Å². The standard InChI is InChI=1S/C37H54O2/c1-32(2)20-21-34(5)22-23-36(7)26(27(34)24-32)14-15-29-35(6)18-17-30(39-31(38)25-12-10-9-11-13-25)33(3,4)28(35)16-19-37(29,36)8/h9-14,27-30H,15-24H2,1-8H3/t27-,28-,29-,30-,34+,35-,36+,37+/m0/s1. The molecule has 39 heavy (non-hydrogen) atoms. The lowest BCUT2D eigenvalue weighted by Crippen LogP contribution is -2.64. The van der Waals surface area contributed by atoms with Gasteiger partial charge in [-0.2, -0.15) is 0 Å². The van der Waals surface area contributed by atoms with E-state index in [-0.39, 0.29) is 22.9 Å². The maximum absolute atomic E-state index is 13.1. The van der Waals surface area contributed by atoms with Crippen LogP contribution in [0.15, 0.2) is 42.0 Å². The van der Waals surface area contributed by atoms with E-state index < -0.39 is 0 Å². The summed E-state index contributed by atoms with van der Waals surface area (Å²) in [5.74, 6) is 1.87. The Hall–Kier alpha value is -1.57. The van der Waals surface area contributed by atoms with Crippen LogP contribution in [0.1, 0.15) is 130 Å². The molecule has 4 fully saturated rings. The fraction of sp³-hybridized carbons (Fsp3) is 0.757. The third kappa shape index (κ3) is 3.89. The lowest BCUT2D eigenvalue weighted by atomic mass is 9.33. The van der Waals surface area contributed by atoms with Crippen molar-refractivity contribution in [1.82, 2.24) is 0 Å². The molecule has 5 aliphatic rings. The van der Waals surface area contributed by atoms with E-state index in [0.29, 0.717) is 39.1 Å². The van der Waals surface area contributed by atoms with E-state index in [1.54, 1.807) is 0 Å². The van der Waals surface area contributed by atoms with Gasteiger partial charge in [0.25, 0.3) is 0 Å². The minimum atomic E-state index is -0.156. The average Bonchev–Trinajstić information content (AvgIpc) is 2.87. The Morgan fingerprint density at radius 3 is 2.21 bits per heavy atom. The number of hydrogen-bond donors (Lipinski definition) is 0. The first-order chi connectivity index (χ1) is 18.2. The first-order valence-electron chi connectivity index (χ1n) is 16.1. The van der Waals surface area contributed by atoms with Gasteiger partial charge in [-0.05, 0) is 121 Å². The summed E-state index contributed by atoms with van der Waals surface area (Å²) in [6.07, 6.45) is 15.6. The van der Waals surface area contributed by atoms with Crippen LogP contribution < -0.4 is 0 Å². The number of rotatable bonds is 2. The van der Waals surface area contributed by atoms with Crippen LogP contribution in [0.3, 0.4) is 0 Å². The molecule has 0 saturated heterocycles. The summed E-state index contributed by atoms with van der Waals surface area (Å²) in [6, 6.07) is 9.57. The highest BCUT2D eigenvalue weighted by molar-refractivity contribution is 5.89. The summed E-state index contributed by atoms with van der Waals surface area (Å²) in [7, 11) is 0. The van der Waals surface area contributed by atoms with Gasteiger partial charge in [0.15, 0.2) is 0 Å². The van der Waals surface area contributed by atoms with Crippen molar-refractivity contribution in [2.24, 2.45) is 50.2 Å². The lowest BCUT2D eigenvalue weighted by molar-refractivity contribution is -0.203. The molecular weight excluding hydrogens is 476 g/mol. The van der Waals surface area contributed by atoms with Crippen molar-refractivity contribution < 1.29 is 9.53 Å². The monoisotopic (exact) mass is 530 g/mol. The van der Waals surface area contributed by atoms with Gasteiger partial charge in [-0.3, -0.25) is 0 Å². The molecule has 0 spiro atoms. The molecule has 2 nitrogen and oxygen atoms in total. The number of esters is 1. The quantitative estimate of drug-likeness (QED) is 0.281. The SMILES string of the molecule is CC1(C)CC[C@]2(C)CC[C@]3(C)C(=CC[C@H]4[C@@]5(C)CC[C@H](OC(=O)c6ccccc6)C(C)(C)[C@@H]5CC[C@]43C)[C@@H]2C1. The van der Waals surface area contributed by atoms with Crippen molar-refractivity contribution in [1.29, 1.82) is 0 Å². The predicted molar refractivity (Wildman–Crippen MR) is 160 cm³/mol. The Morgan fingerprint density at radius 1 is 0.795 bits per heavy atom. The fourth-order valence-corrected chi connectivity index (χ4v) is 11.5. The van der Waals surface area contributed by atoms with Gasteiger partial charge >= 0.3 is 5.97 Å². The largest absolute Gasteiger partial charge is 0.458 e. The molecule has 0 heterocycles. The van der Waals surface area contributed by atoms with Crippen LogP contribution in [0.2, 0.25) is 0 Å². The highest BCUT2D eigenvalue weighted by Gasteiger charge is 2.68. The number of carbonyl (C=O) groups excluding carboxylic acids is 1. The minimum absolute atomic E-state index is 0.0159. The van der Waals surface area contributed by atoms with E-state index in [0.717, 1.165) is 12.3 Å². The molecular formula is C37H54O2. The molecule has 4 saturated carbocycles. The number of ether oxygens (including phenoxy) is 1. The molecule has 0 N–H and O–H groups in total. The zero-order chi connectivity index (χ0) is 28.1. The Morgan fingerprint density at radius 2 is 1.49 bits per heavy atom. The molecule has 0 unspecified atom stereocenters. The molecule has 1 aromatic rings. The summed E-state index contributed by atoms with van der Waals surface area (Å²) in [4.78, 5) is 13.1. The molecule has 0 bridgehead atoms. The van der Waals surface area contributed by atoms with Crippen LogP contribution >= 0.6 is 0 Å². The van der Waals surface area contributed by atoms with E-state index >= 15 is 0 Å². The molecule has 0 aromatic heterocycles.